The molecule has 0 aliphatic carbocycles. The third-order valence-electron chi connectivity index (χ3n) is 5.85. The molecule has 1 aliphatic heterocycles. The maximum atomic E-state index is 13.7. The van der Waals surface area contributed by atoms with Gasteiger partial charge in [0.15, 0.2) is 0 Å². The number of rotatable bonds is 6. The minimum atomic E-state index is -0.376. The van der Waals surface area contributed by atoms with Crippen molar-refractivity contribution in [2.45, 2.75) is 47.6 Å². The van der Waals surface area contributed by atoms with Crippen molar-refractivity contribution < 1.29 is 14.3 Å². The lowest BCUT2D eigenvalue weighted by Crippen LogP contribution is -2.32. The number of nitrogens with one attached hydrogen (secondary N) is 1. The smallest absolute Gasteiger partial charge is 0.282 e. The van der Waals surface area contributed by atoms with Gasteiger partial charge in [0.2, 0.25) is 0 Å². The molecule has 5 nitrogen and oxygen atoms in total. The van der Waals surface area contributed by atoms with Crippen molar-refractivity contribution >= 4 is 28.8 Å². The molecule has 3 aromatic rings. The fourth-order valence-corrected chi connectivity index (χ4v) is 4.18. The molecule has 4 rings (SSSR count). The van der Waals surface area contributed by atoms with E-state index in [-0.39, 0.29) is 23.6 Å². The van der Waals surface area contributed by atoms with E-state index in [4.69, 9.17) is 4.74 Å². The fraction of sp³-hybridized carbons (Fsp3) is 0.241. The van der Waals surface area contributed by atoms with Crippen LogP contribution in [0.2, 0.25) is 0 Å². The summed E-state index contributed by atoms with van der Waals surface area (Å²) in [6.45, 7) is 11.8. The molecule has 0 radical (unpaired) electrons. The van der Waals surface area contributed by atoms with Gasteiger partial charge in [-0.25, -0.2) is 4.90 Å². The van der Waals surface area contributed by atoms with E-state index in [0.29, 0.717) is 17.0 Å². The van der Waals surface area contributed by atoms with Crippen molar-refractivity contribution in [3.63, 3.8) is 0 Å². The molecule has 0 saturated carbocycles. The van der Waals surface area contributed by atoms with Gasteiger partial charge in [-0.2, -0.15) is 0 Å². The molecular formula is C29H30N2O3. The quantitative estimate of drug-likeness (QED) is 0.457. The first kappa shape index (κ1) is 23.3. The van der Waals surface area contributed by atoms with Gasteiger partial charge >= 0.3 is 0 Å². The number of amides is 2. The van der Waals surface area contributed by atoms with Crippen LogP contribution in [0.1, 0.15) is 41.7 Å². The van der Waals surface area contributed by atoms with Gasteiger partial charge in [-0.15, -0.1) is 0 Å². The Labute approximate surface area is 201 Å². The average Bonchev–Trinajstić information content (AvgIpc) is 3.01. The predicted octanol–water partition coefficient (Wildman–Crippen LogP) is 6.10. The van der Waals surface area contributed by atoms with Crippen molar-refractivity contribution in [1.29, 1.82) is 0 Å². The Hall–Kier alpha value is -3.86. The molecule has 174 valence electrons. The van der Waals surface area contributed by atoms with Crippen molar-refractivity contribution in [3.05, 3.63) is 94.2 Å². The summed E-state index contributed by atoms with van der Waals surface area (Å²) >= 11 is 0. The van der Waals surface area contributed by atoms with Gasteiger partial charge in [0.25, 0.3) is 11.8 Å². The van der Waals surface area contributed by atoms with Crippen LogP contribution in [-0.4, -0.2) is 17.9 Å². The van der Waals surface area contributed by atoms with Gasteiger partial charge in [-0.1, -0.05) is 35.9 Å². The first-order valence-electron chi connectivity index (χ1n) is 11.5. The standard InChI is InChI=1S/C29H30N2O3/c1-17(2)34-23-12-10-22(11-13-23)31-28(32)26(24-14-8-18(3)15-21(24)6)27(29(31)33)30-25-16-19(4)7-9-20(25)5/h7-17,30H,1-6H3. The SMILES string of the molecule is Cc1ccc(C2=C(Nc3cc(C)ccc3C)C(=O)N(c3ccc(OC(C)C)cc3)C2=O)c(C)c1. The summed E-state index contributed by atoms with van der Waals surface area (Å²) in [5.74, 6) is -0.0326. The molecule has 2 amide bonds. The van der Waals surface area contributed by atoms with Crippen LogP contribution in [0.15, 0.2) is 66.4 Å². The minimum Gasteiger partial charge on any atom is -0.491 e. The zero-order valence-electron chi connectivity index (χ0n) is 20.5. The van der Waals surface area contributed by atoms with Crippen LogP contribution in [-0.2, 0) is 9.59 Å². The van der Waals surface area contributed by atoms with Crippen molar-refractivity contribution in [1.82, 2.24) is 0 Å². The van der Waals surface area contributed by atoms with Gasteiger partial charge in [-0.05, 0) is 94.1 Å². The molecular weight excluding hydrogens is 424 g/mol. The lowest BCUT2D eigenvalue weighted by atomic mass is 9.97. The second-order valence-corrected chi connectivity index (χ2v) is 9.12. The summed E-state index contributed by atoms with van der Waals surface area (Å²) in [5, 5.41) is 3.30. The normalized spacial score (nSPS) is 13.8. The van der Waals surface area contributed by atoms with E-state index in [0.717, 1.165) is 33.5 Å². The highest BCUT2D eigenvalue weighted by Gasteiger charge is 2.40. The first-order chi connectivity index (χ1) is 16.2. The highest BCUT2D eigenvalue weighted by molar-refractivity contribution is 6.46. The number of carbonyl (C=O) groups excluding carboxylic acids is 2. The number of imide groups is 1. The summed E-state index contributed by atoms with van der Waals surface area (Å²) in [7, 11) is 0. The molecule has 1 aliphatic rings. The number of ether oxygens (including phenoxy) is 1. The van der Waals surface area contributed by atoms with E-state index >= 15 is 0 Å². The number of benzene rings is 3. The second kappa shape index (κ2) is 9.18. The molecule has 3 aromatic carbocycles. The average molecular weight is 455 g/mol. The Bertz CT molecular complexity index is 1300. The molecule has 0 unspecified atom stereocenters. The number of carbonyl (C=O) groups is 2. The van der Waals surface area contributed by atoms with Crippen molar-refractivity contribution in [3.8, 4) is 5.75 Å². The summed E-state index contributed by atoms with van der Waals surface area (Å²) in [6.07, 6.45) is 0.0343. The Morgan fingerprint density at radius 2 is 1.41 bits per heavy atom. The molecule has 0 atom stereocenters. The van der Waals surface area contributed by atoms with Gasteiger partial charge in [-0.3, -0.25) is 9.59 Å². The van der Waals surface area contributed by atoms with Crippen LogP contribution in [0.25, 0.3) is 5.57 Å². The van der Waals surface area contributed by atoms with E-state index in [1.165, 1.54) is 4.90 Å². The summed E-state index contributed by atoms with van der Waals surface area (Å²) in [5.41, 5.74) is 6.83. The van der Waals surface area contributed by atoms with E-state index in [1.807, 2.05) is 77.9 Å². The Kier molecular flexibility index (Phi) is 6.29. The van der Waals surface area contributed by atoms with E-state index in [9.17, 15) is 9.59 Å². The molecule has 0 fully saturated rings. The molecule has 0 spiro atoms. The Morgan fingerprint density at radius 3 is 2.06 bits per heavy atom. The van der Waals surface area contributed by atoms with Crippen LogP contribution in [0.4, 0.5) is 11.4 Å². The third kappa shape index (κ3) is 4.46. The molecule has 1 heterocycles. The first-order valence-corrected chi connectivity index (χ1v) is 11.5. The maximum Gasteiger partial charge on any atom is 0.282 e. The lowest BCUT2D eigenvalue weighted by molar-refractivity contribution is -0.120. The maximum absolute atomic E-state index is 13.7. The highest BCUT2D eigenvalue weighted by atomic mass is 16.5. The largest absolute Gasteiger partial charge is 0.491 e. The number of hydrogen-bond acceptors (Lipinski definition) is 4. The van der Waals surface area contributed by atoms with Crippen LogP contribution < -0.4 is 15.0 Å². The number of hydrogen-bond donors (Lipinski definition) is 1. The van der Waals surface area contributed by atoms with Crippen LogP contribution >= 0.6 is 0 Å². The zero-order valence-corrected chi connectivity index (χ0v) is 20.5. The molecule has 0 aromatic heterocycles. The number of aryl methyl sites for hydroxylation is 4. The van der Waals surface area contributed by atoms with Gasteiger partial charge in [0, 0.05) is 5.69 Å². The number of anilines is 2. The number of nitrogens with zero attached hydrogens (tertiary/aromatic N) is 1. The summed E-state index contributed by atoms with van der Waals surface area (Å²) < 4.78 is 5.72. The van der Waals surface area contributed by atoms with Crippen LogP contribution in [0.5, 0.6) is 5.75 Å². The van der Waals surface area contributed by atoms with E-state index in [2.05, 4.69) is 5.32 Å². The lowest BCUT2D eigenvalue weighted by Gasteiger charge is -2.17. The van der Waals surface area contributed by atoms with Crippen molar-refractivity contribution in [2.24, 2.45) is 0 Å². The summed E-state index contributed by atoms with van der Waals surface area (Å²) in [4.78, 5) is 28.7. The summed E-state index contributed by atoms with van der Waals surface area (Å²) in [6, 6.07) is 19.0. The minimum absolute atomic E-state index is 0.0343. The van der Waals surface area contributed by atoms with Crippen molar-refractivity contribution in [2.75, 3.05) is 10.2 Å². The Balaban J connectivity index is 1.81. The monoisotopic (exact) mass is 454 g/mol. The molecule has 34 heavy (non-hydrogen) atoms. The predicted molar refractivity (Wildman–Crippen MR) is 137 cm³/mol. The van der Waals surface area contributed by atoms with E-state index in [1.54, 1.807) is 24.3 Å². The molecule has 5 heteroatoms. The fourth-order valence-electron chi connectivity index (χ4n) is 4.18. The third-order valence-corrected chi connectivity index (χ3v) is 5.85. The topological polar surface area (TPSA) is 58.6 Å². The second-order valence-electron chi connectivity index (χ2n) is 9.12. The molecule has 0 saturated heterocycles. The Morgan fingerprint density at radius 1 is 0.765 bits per heavy atom. The highest BCUT2D eigenvalue weighted by Crippen LogP contribution is 2.36. The zero-order chi connectivity index (χ0) is 24.6. The van der Waals surface area contributed by atoms with Crippen LogP contribution in [0, 0.1) is 27.7 Å². The van der Waals surface area contributed by atoms with Gasteiger partial charge < -0.3 is 10.1 Å². The van der Waals surface area contributed by atoms with E-state index < -0.39 is 0 Å². The van der Waals surface area contributed by atoms with Gasteiger partial charge in [0.05, 0.1) is 17.4 Å². The van der Waals surface area contributed by atoms with Crippen LogP contribution in [0.3, 0.4) is 0 Å². The van der Waals surface area contributed by atoms with Gasteiger partial charge in [0.1, 0.15) is 11.4 Å². The molecule has 0 bridgehead atoms. The molecule has 1 N–H and O–H groups in total.